The van der Waals surface area contributed by atoms with Crippen molar-refractivity contribution < 1.29 is 9.57 Å². The van der Waals surface area contributed by atoms with Crippen LogP contribution in [0, 0.1) is 11.3 Å². The zero-order valence-corrected chi connectivity index (χ0v) is 11.0. The molecule has 0 aliphatic carbocycles. The Morgan fingerprint density at radius 1 is 1.05 bits per heavy atom. The van der Waals surface area contributed by atoms with Gasteiger partial charge in [0, 0.05) is 11.1 Å². The second-order valence-corrected chi connectivity index (χ2v) is 3.95. The fourth-order valence-corrected chi connectivity index (χ4v) is 1.68. The van der Waals surface area contributed by atoms with Crippen molar-refractivity contribution in [3.05, 3.63) is 65.2 Å². The van der Waals surface area contributed by atoms with Gasteiger partial charge in [0.2, 0.25) is 0 Å². The van der Waals surface area contributed by atoms with E-state index in [1.807, 2.05) is 30.3 Å². The molecule has 0 fully saturated rings. The van der Waals surface area contributed by atoms with Gasteiger partial charge < -0.3 is 9.57 Å². The Morgan fingerprint density at radius 3 is 2.50 bits per heavy atom. The van der Waals surface area contributed by atoms with Crippen molar-refractivity contribution >= 4 is 6.21 Å². The van der Waals surface area contributed by atoms with Crippen LogP contribution >= 0.6 is 0 Å². The lowest BCUT2D eigenvalue weighted by molar-refractivity contribution is 0.130. The molecule has 0 saturated carbocycles. The minimum Gasteiger partial charge on any atom is -0.496 e. The van der Waals surface area contributed by atoms with Crippen molar-refractivity contribution in [2.75, 3.05) is 7.11 Å². The summed E-state index contributed by atoms with van der Waals surface area (Å²) >= 11 is 0. The normalized spacial score (nSPS) is 10.2. The quantitative estimate of drug-likeness (QED) is 0.617. The zero-order valence-electron chi connectivity index (χ0n) is 11.0. The van der Waals surface area contributed by atoms with E-state index in [0.29, 0.717) is 11.1 Å². The highest BCUT2D eigenvalue weighted by atomic mass is 16.6. The Kier molecular flexibility index (Phi) is 4.74. The summed E-state index contributed by atoms with van der Waals surface area (Å²) in [5.41, 5.74) is 2.02. The van der Waals surface area contributed by atoms with Crippen molar-refractivity contribution in [3.63, 3.8) is 0 Å². The molecule has 0 unspecified atom stereocenters. The molecule has 0 aromatic heterocycles. The lowest BCUT2D eigenvalue weighted by Gasteiger charge is -2.06. The van der Waals surface area contributed by atoms with E-state index >= 15 is 0 Å². The van der Waals surface area contributed by atoms with Crippen LogP contribution < -0.4 is 4.74 Å². The molecule has 4 nitrogen and oxygen atoms in total. The molecule has 0 atom stereocenters. The molecule has 0 aliphatic rings. The van der Waals surface area contributed by atoms with Crippen LogP contribution in [0.3, 0.4) is 0 Å². The van der Waals surface area contributed by atoms with Crippen LogP contribution in [0.5, 0.6) is 5.75 Å². The molecule has 0 spiro atoms. The summed E-state index contributed by atoms with van der Waals surface area (Å²) in [4.78, 5) is 5.19. The van der Waals surface area contributed by atoms with Crippen LogP contribution in [-0.2, 0) is 11.4 Å². The van der Waals surface area contributed by atoms with E-state index in [4.69, 9.17) is 14.8 Å². The average Bonchev–Trinajstić information content (AvgIpc) is 2.52. The molecule has 0 N–H and O–H groups in total. The predicted octanol–water partition coefficient (Wildman–Crippen LogP) is 2.99. The van der Waals surface area contributed by atoms with Gasteiger partial charge in [-0.2, -0.15) is 5.26 Å². The summed E-state index contributed by atoms with van der Waals surface area (Å²) in [7, 11) is 1.61. The lowest BCUT2D eigenvalue weighted by Crippen LogP contribution is -1.94. The number of ether oxygens (including phenoxy) is 1. The van der Waals surface area contributed by atoms with Gasteiger partial charge in [-0.15, -0.1) is 0 Å². The van der Waals surface area contributed by atoms with Crippen molar-refractivity contribution in [1.82, 2.24) is 0 Å². The Labute approximate surface area is 117 Å². The SMILES string of the molecule is COc1ccccc1CO/N=[C]\c1ccccc1C#N. The molecule has 0 aliphatic heterocycles. The van der Waals surface area contributed by atoms with E-state index in [9.17, 15) is 0 Å². The number of nitrogens with zero attached hydrogens (tertiary/aromatic N) is 2. The van der Waals surface area contributed by atoms with Gasteiger partial charge in [-0.05, 0) is 12.1 Å². The van der Waals surface area contributed by atoms with Crippen molar-refractivity contribution in [3.8, 4) is 11.8 Å². The van der Waals surface area contributed by atoms with Gasteiger partial charge in [0.15, 0.2) is 0 Å². The van der Waals surface area contributed by atoms with Crippen molar-refractivity contribution in [2.45, 2.75) is 6.61 Å². The van der Waals surface area contributed by atoms with Crippen LogP contribution in [0.4, 0.5) is 0 Å². The summed E-state index contributed by atoms with van der Waals surface area (Å²) < 4.78 is 5.21. The molecule has 0 heterocycles. The number of para-hydroxylation sites is 1. The van der Waals surface area contributed by atoms with E-state index in [2.05, 4.69) is 17.4 Å². The summed E-state index contributed by atoms with van der Waals surface area (Å²) in [5.74, 6) is 0.750. The summed E-state index contributed by atoms with van der Waals surface area (Å²) in [6.07, 6.45) is 2.71. The van der Waals surface area contributed by atoms with Gasteiger partial charge in [-0.3, -0.25) is 0 Å². The van der Waals surface area contributed by atoms with Crippen LogP contribution in [0.25, 0.3) is 0 Å². The van der Waals surface area contributed by atoms with E-state index in [-0.39, 0.29) is 6.61 Å². The van der Waals surface area contributed by atoms with Gasteiger partial charge in [0.1, 0.15) is 18.6 Å². The summed E-state index contributed by atoms with van der Waals surface area (Å²) in [6.45, 7) is 0.283. The number of methoxy groups -OCH3 is 1. The smallest absolute Gasteiger partial charge is 0.145 e. The number of nitriles is 1. The molecule has 2 aromatic carbocycles. The van der Waals surface area contributed by atoms with E-state index in [1.165, 1.54) is 0 Å². The molecule has 0 amide bonds. The fourth-order valence-electron chi connectivity index (χ4n) is 1.68. The Morgan fingerprint density at radius 2 is 1.75 bits per heavy atom. The minimum atomic E-state index is 0.283. The Bertz CT molecular complexity index is 645. The van der Waals surface area contributed by atoms with Gasteiger partial charge in [0.05, 0.1) is 18.7 Å². The maximum absolute atomic E-state index is 8.93. The number of hydrogen-bond acceptors (Lipinski definition) is 4. The van der Waals surface area contributed by atoms with Crippen LogP contribution in [0.15, 0.2) is 53.7 Å². The molecule has 2 rings (SSSR count). The third-order valence-corrected chi connectivity index (χ3v) is 2.69. The van der Waals surface area contributed by atoms with Crippen molar-refractivity contribution in [1.29, 1.82) is 5.26 Å². The first-order chi connectivity index (χ1) is 9.85. The second-order valence-electron chi connectivity index (χ2n) is 3.95. The molecule has 1 radical (unpaired) electrons. The maximum Gasteiger partial charge on any atom is 0.145 e. The highest BCUT2D eigenvalue weighted by Crippen LogP contribution is 2.18. The van der Waals surface area contributed by atoms with Gasteiger partial charge in [0.25, 0.3) is 0 Å². The largest absolute Gasteiger partial charge is 0.496 e. The molecule has 4 heteroatoms. The van der Waals surface area contributed by atoms with E-state index in [1.54, 1.807) is 25.3 Å². The Balaban J connectivity index is 1.99. The average molecular weight is 265 g/mol. The summed E-state index contributed by atoms with van der Waals surface area (Å²) in [6, 6.07) is 16.7. The standard InChI is InChI=1S/C16H13N2O2/c1-19-16-9-5-4-8-15(16)12-20-18-11-14-7-3-2-6-13(14)10-17/h2-9H,12H2,1H3. The number of benzene rings is 2. The van der Waals surface area contributed by atoms with Gasteiger partial charge in [-0.25, -0.2) is 0 Å². The predicted molar refractivity (Wildman–Crippen MR) is 75.5 cm³/mol. The lowest BCUT2D eigenvalue weighted by atomic mass is 10.1. The maximum atomic E-state index is 8.93. The minimum absolute atomic E-state index is 0.283. The molecule has 99 valence electrons. The van der Waals surface area contributed by atoms with Gasteiger partial charge in [-0.1, -0.05) is 41.6 Å². The molecular formula is C16H13N2O2. The van der Waals surface area contributed by atoms with Crippen molar-refractivity contribution in [2.24, 2.45) is 5.16 Å². The van der Waals surface area contributed by atoms with E-state index < -0.39 is 0 Å². The highest BCUT2D eigenvalue weighted by Gasteiger charge is 2.01. The zero-order chi connectivity index (χ0) is 14.2. The summed E-state index contributed by atoms with van der Waals surface area (Å²) in [5, 5.41) is 12.7. The number of rotatable bonds is 5. The molecule has 0 saturated heterocycles. The molecule has 20 heavy (non-hydrogen) atoms. The Hall–Kier alpha value is -2.80. The van der Waals surface area contributed by atoms with Gasteiger partial charge >= 0.3 is 0 Å². The third kappa shape index (κ3) is 3.36. The molecular weight excluding hydrogens is 252 g/mol. The number of hydrogen-bond donors (Lipinski definition) is 0. The van der Waals surface area contributed by atoms with E-state index in [0.717, 1.165) is 11.3 Å². The van der Waals surface area contributed by atoms with Crippen LogP contribution in [0.2, 0.25) is 0 Å². The fraction of sp³-hybridized carbons (Fsp3) is 0.125. The topological polar surface area (TPSA) is 54.6 Å². The second kappa shape index (κ2) is 6.95. The first-order valence-corrected chi connectivity index (χ1v) is 6.04. The first-order valence-electron chi connectivity index (χ1n) is 6.04. The molecule has 2 aromatic rings. The monoisotopic (exact) mass is 265 g/mol. The van der Waals surface area contributed by atoms with Crippen LogP contribution in [-0.4, -0.2) is 13.3 Å². The first kappa shape index (κ1) is 13.6. The third-order valence-electron chi connectivity index (χ3n) is 2.69. The van der Waals surface area contributed by atoms with Crippen LogP contribution in [0.1, 0.15) is 16.7 Å². The highest BCUT2D eigenvalue weighted by molar-refractivity contribution is 5.82. The molecule has 0 bridgehead atoms.